The fourth-order valence-electron chi connectivity index (χ4n) is 3.11. The van der Waals surface area contributed by atoms with Crippen LogP contribution in [0.1, 0.15) is 35.4 Å². The van der Waals surface area contributed by atoms with Crippen LogP contribution in [0.15, 0.2) is 30.3 Å². The van der Waals surface area contributed by atoms with E-state index in [4.69, 9.17) is 16.7 Å². The van der Waals surface area contributed by atoms with Gasteiger partial charge in [-0.1, -0.05) is 23.7 Å². The number of nitrogens with zero attached hydrogens (tertiary/aromatic N) is 3. The molecule has 6 nitrogen and oxygen atoms in total. The Morgan fingerprint density at radius 2 is 2.12 bits per heavy atom. The molecule has 1 aliphatic heterocycles. The molecule has 0 bridgehead atoms. The van der Waals surface area contributed by atoms with Crippen LogP contribution >= 0.6 is 11.6 Å². The molecule has 2 aromatic rings. The first-order chi connectivity index (χ1) is 11.5. The molecule has 1 aliphatic rings. The minimum absolute atomic E-state index is 0.0318. The van der Waals surface area contributed by atoms with Crippen molar-refractivity contribution in [3.05, 3.63) is 46.7 Å². The van der Waals surface area contributed by atoms with Crippen molar-refractivity contribution in [1.29, 1.82) is 0 Å². The minimum atomic E-state index is -0.891. The number of carbonyl (C=O) groups is 2. The van der Waals surface area contributed by atoms with Gasteiger partial charge in [0, 0.05) is 18.3 Å². The van der Waals surface area contributed by atoms with E-state index in [9.17, 15) is 9.59 Å². The normalized spacial score (nSPS) is 17.2. The number of amides is 1. The summed E-state index contributed by atoms with van der Waals surface area (Å²) in [6.45, 7) is 2.42. The Bertz CT molecular complexity index is 787. The van der Waals surface area contributed by atoms with Gasteiger partial charge in [-0.05, 0) is 38.0 Å². The molecule has 1 amide bonds. The minimum Gasteiger partial charge on any atom is -0.481 e. The van der Waals surface area contributed by atoms with E-state index in [1.807, 2.05) is 25.1 Å². The lowest BCUT2D eigenvalue weighted by molar-refractivity contribution is -0.137. The molecule has 1 N–H and O–H groups in total. The monoisotopic (exact) mass is 347 g/mol. The molecule has 1 unspecified atom stereocenters. The van der Waals surface area contributed by atoms with E-state index in [1.165, 1.54) is 0 Å². The summed E-state index contributed by atoms with van der Waals surface area (Å²) >= 11 is 6.21. The zero-order valence-electron chi connectivity index (χ0n) is 13.3. The topological polar surface area (TPSA) is 75.4 Å². The number of para-hydroxylation sites is 1. The van der Waals surface area contributed by atoms with Gasteiger partial charge in [0.1, 0.15) is 0 Å². The molecule has 0 spiro atoms. The summed E-state index contributed by atoms with van der Waals surface area (Å²) in [6.07, 6.45) is 1.49. The second-order valence-corrected chi connectivity index (χ2v) is 6.33. The van der Waals surface area contributed by atoms with Crippen molar-refractivity contribution in [3.8, 4) is 5.69 Å². The van der Waals surface area contributed by atoms with Crippen molar-refractivity contribution >= 4 is 23.5 Å². The molecule has 1 atom stereocenters. The summed E-state index contributed by atoms with van der Waals surface area (Å²) in [7, 11) is 0. The summed E-state index contributed by atoms with van der Waals surface area (Å²) in [6, 6.07) is 8.73. The average Bonchev–Trinajstić information content (AvgIpc) is 3.13. The van der Waals surface area contributed by atoms with Crippen LogP contribution < -0.4 is 0 Å². The molecule has 24 heavy (non-hydrogen) atoms. The Hall–Kier alpha value is -2.34. The number of carboxylic acids is 1. The number of carbonyl (C=O) groups excluding carboxylic acids is 1. The van der Waals surface area contributed by atoms with Crippen molar-refractivity contribution in [2.24, 2.45) is 0 Å². The average molecular weight is 348 g/mol. The zero-order valence-corrected chi connectivity index (χ0v) is 14.0. The van der Waals surface area contributed by atoms with Crippen LogP contribution in [-0.4, -0.2) is 44.3 Å². The van der Waals surface area contributed by atoms with Gasteiger partial charge in [0.15, 0.2) is 5.69 Å². The van der Waals surface area contributed by atoms with Gasteiger partial charge in [-0.15, -0.1) is 0 Å². The molecule has 1 fully saturated rings. The third kappa shape index (κ3) is 3.14. The van der Waals surface area contributed by atoms with Crippen molar-refractivity contribution in [2.75, 3.05) is 6.54 Å². The standard InChI is InChI=1S/C17H18ClN3O3/c1-11-9-14(19-21(11)15-7-3-2-6-13(15)18)17(24)20-8-4-5-12(20)10-16(22)23/h2-3,6-7,9,12H,4-5,8,10H2,1H3,(H,22,23). The smallest absolute Gasteiger partial charge is 0.305 e. The maximum absolute atomic E-state index is 12.7. The molecule has 1 aromatic heterocycles. The number of likely N-dealkylation sites (tertiary alicyclic amines) is 1. The number of carboxylic acid groups (broad SMARTS) is 1. The molecule has 7 heteroatoms. The molecular formula is C17H18ClN3O3. The summed E-state index contributed by atoms with van der Waals surface area (Å²) in [5.41, 5.74) is 1.81. The van der Waals surface area contributed by atoms with Crippen LogP contribution in [0.25, 0.3) is 5.69 Å². The van der Waals surface area contributed by atoms with E-state index in [2.05, 4.69) is 5.10 Å². The van der Waals surface area contributed by atoms with Crippen molar-refractivity contribution < 1.29 is 14.7 Å². The highest BCUT2D eigenvalue weighted by Crippen LogP contribution is 2.25. The SMILES string of the molecule is Cc1cc(C(=O)N2CCCC2CC(=O)O)nn1-c1ccccc1Cl. The van der Waals surface area contributed by atoms with Gasteiger partial charge in [0.05, 0.1) is 17.1 Å². The number of benzene rings is 1. The van der Waals surface area contributed by atoms with E-state index in [0.717, 1.165) is 12.1 Å². The highest BCUT2D eigenvalue weighted by molar-refractivity contribution is 6.32. The quantitative estimate of drug-likeness (QED) is 0.922. The summed E-state index contributed by atoms with van der Waals surface area (Å²) in [5, 5.41) is 13.9. The Morgan fingerprint density at radius 1 is 1.38 bits per heavy atom. The van der Waals surface area contributed by atoms with Crippen LogP contribution in [0.5, 0.6) is 0 Å². The summed E-state index contributed by atoms with van der Waals surface area (Å²) < 4.78 is 1.64. The largest absolute Gasteiger partial charge is 0.481 e. The van der Waals surface area contributed by atoms with E-state index >= 15 is 0 Å². The lowest BCUT2D eigenvalue weighted by Gasteiger charge is -2.22. The maximum atomic E-state index is 12.7. The number of aliphatic carboxylic acids is 1. The van der Waals surface area contributed by atoms with Crippen LogP contribution in [-0.2, 0) is 4.79 Å². The van der Waals surface area contributed by atoms with Crippen molar-refractivity contribution in [2.45, 2.75) is 32.2 Å². The lowest BCUT2D eigenvalue weighted by Crippen LogP contribution is -2.37. The fraction of sp³-hybridized carbons (Fsp3) is 0.353. The molecule has 1 aromatic carbocycles. The number of halogens is 1. The predicted molar refractivity (Wildman–Crippen MR) is 89.6 cm³/mol. The fourth-order valence-corrected chi connectivity index (χ4v) is 3.33. The van der Waals surface area contributed by atoms with E-state index < -0.39 is 5.97 Å². The first-order valence-corrected chi connectivity index (χ1v) is 8.19. The van der Waals surface area contributed by atoms with Gasteiger partial charge >= 0.3 is 5.97 Å². The highest BCUT2D eigenvalue weighted by Gasteiger charge is 2.32. The molecule has 0 radical (unpaired) electrons. The second kappa shape index (κ2) is 6.65. The Kier molecular flexibility index (Phi) is 4.57. The molecule has 0 aliphatic carbocycles. The number of rotatable bonds is 4. The lowest BCUT2D eigenvalue weighted by atomic mass is 10.1. The first kappa shape index (κ1) is 16.5. The van der Waals surface area contributed by atoms with E-state index in [1.54, 1.807) is 21.7 Å². The predicted octanol–water partition coefficient (Wildman–Crippen LogP) is 2.91. The molecule has 1 saturated heterocycles. The van der Waals surface area contributed by atoms with E-state index in [-0.39, 0.29) is 18.4 Å². The Balaban J connectivity index is 1.88. The van der Waals surface area contributed by atoms with Gasteiger partial charge in [0.25, 0.3) is 5.91 Å². The van der Waals surface area contributed by atoms with E-state index in [0.29, 0.717) is 29.4 Å². The van der Waals surface area contributed by atoms with Gasteiger partial charge in [-0.2, -0.15) is 5.10 Å². The van der Waals surface area contributed by atoms with Crippen LogP contribution in [0.3, 0.4) is 0 Å². The number of aromatic nitrogens is 2. The molecule has 2 heterocycles. The molecular weight excluding hydrogens is 330 g/mol. The first-order valence-electron chi connectivity index (χ1n) is 7.81. The van der Waals surface area contributed by atoms with Crippen LogP contribution in [0.4, 0.5) is 0 Å². The molecule has 0 saturated carbocycles. The number of hydrogen-bond acceptors (Lipinski definition) is 3. The van der Waals surface area contributed by atoms with Crippen LogP contribution in [0.2, 0.25) is 5.02 Å². The van der Waals surface area contributed by atoms with Crippen molar-refractivity contribution in [1.82, 2.24) is 14.7 Å². The molecule has 126 valence electrons. The number of aryl methyl sites for hydroxylation is 1. The Labute approximate surface area is 144 Å². The van der Waals surface area contributed by atoms with Gasteiger partial charge < -0.3 is 10.0 Å². The summed E-state index contributed by atoms with van der Waals surface area (Å²) in [5.74, 6) is -1.12. The second-order valence-electron chi connectivity index (χ2n) is 5.93. The third-order valence-electron chi connectivity index (χ3n) is 4.24. The van der Waals surface area contributed by atoms with Crippen molar-refractivity contribution in [3.63, 3.8) is 0 Å². The van der Waals surface area contributed by atoms with Gasteiger partial charge in [0.2, 0.25) is 0 Å². The highest BCUT2D eigenvalue weighted by atomic mass is 35.5. The molecule has 3 rings (SSSR count). The van der Waals surface area contributed by atoms with Gasteiger partial charge in [-0.25, -0.2) is 4.68 Å². The third-order valence-corrected chi connectivity index (χ3v) is 4.56. The maximum Gasteiger partial charge on any atom is 0.305 e. The zero-order chi connectivity index (χ0) is 17.3. The van der Waals surface area contributed by atoms with Crippen LogP contribution in [0, 0.1) is 6.92 Å². The van der Waals surface area contributed by atoms with Gasteiger partial charge in [-0.3, -0.25) is 9.59 Å². The Morgan fingerprint density at radius 3 is 2.83 bits per heavy atom. The summed E-state index contributed by atoms with van der Waals surface area (Å²) in [4.78, 5) is 25.3. The number of hydrogen-bond donors (Lipinski definition) is 1.